The van der Waals surface area contributed by atoms with Crippen molar-refractivity contribution in [3.8, 4) is 5.75 Å². The van der Waals surface area contributed by atoms with Gasteiger partial charge in [0.2, 0.25) is 11.8 Å². The van der Waals surface area contributed by atoms with Gasteiger partial charge in [-0.25, -0.2) is 0 Å². The summed E-state index contributed by atoms with van der Waals surface area (Å²) in [6.07, 6.45) is 6.47. The number of carbonyl (C=O) groups is 2. The monoisotopic (exact) mass is 423 g/mol. The van der Waals surface area contributed by atoms with Crippen LogP contribution in [0.5, 0.6) is 5.75 Å². The summed E-state index contributed by atoms with van der Waals surface area (Å²) in [7, 11) is 0. The first-order chi connectivity index (χ1) is 14.9. The van der Waals surface area contributed by atoms with Crippen molar-refractivity contribution in [1.29, 1.82) is 0 Å². The van der Waals surface area contributed by atoms with E-state index < -0.39 is 0 Å². The van der Waals surface area contributed by atoms with Crippen molar-refractivity contribution >= 4 is 17.9 Å². The highest BCUT2D eigenvalue weighted by atomic mass is 16.5. The maximum Gasteiger partial charge on any atom is 0.233 e. The largest absolute Gasteiger partial charge is 0.508 e. The molecule has 1 aromatic rings. The van der Waals surface area contributed by atoms with Gasteiger partial charge in [-0.2, -0.15) is 0 Å². The number of phenols is 1. The Bertz CT molecular complexity index is 914. The number of nitrogens with zero attached hydrogens (tertiary/aromatic N) is 1. The Balaban J connectivity index is 1.48. The van der Waals surface area contributed by atoms with Gasteiger partial charge in [0.15, 0.2) is 0 Å². The molecule has 0 saturated carbocycles. The number of benzene rings is 1. The van der Waals surface area contributed by atoms with Gasteiger partial charge in [0.25, 0.3) is 0 Å². The van der Waals surface area contributed by atoms with Crippen LogP contribution in [0.3, 0.4) is 0 Å². The molecular formula is C26H33NO4. The third kappa shape index (κ3) is 4.08. The third-order valence-corrected chi connectivity index (χ3v) is 7.14. The van der Waals surface area contributed by atoms with E-state index in [0.29, 0.717) is 19.6 Å². The molecule has 2 aliphatic heterocycles. The SMILES string of the molecule is CCCN1C(=O)[C@@H]2[C@@H](CC(C)=C3[C@@H](CC/C(=C/c4ccc(O)cc4)CC)OC[C@@H]32)C1=O. The highest BCUT2D eigenvalue weighted by molar-refractivity contribution is 6.05. The molecule has 2 fully saturated rings. The summed E-state index contributed by atoms with van der Waals surface area (Å²) in [6, 6.07) is 7.26. The second kappa shape index (κ2) is 8.99. The molecule has 166 valence electrons. The first-order valence-electron chi connectivity index (χ1n) is 11.6. The van der Waals surface area contributed by atoms with Crippen LogP contribution in [0.15, 0.2) is 41.0 Å². The van der Waals surface area contributed by atoms with E-state index in [0.717, 1.165) is 31.2 Å². The number of phenolic OH excluding ortho intramolecular Hbond substituents is 1. The van der Waals surface area contributed by atoms with Crippen LogP contribution in [-0.2, 0) is 14.3 Å². The smallest absolute Gasteiger partial charge is 0.233 e. The quantitative estimate of drug-likeness (QED) is 0.509. The molecule has 31 heavy (non-hydrogen) atoms. The number of imide groups is 1. The highest BCUT2D eigenvalue weighted by Crippen LogP contribution is 2.49. The molecule has 0 unspecified atom stereocenters. The fourth-order valence-electron chi connectivity index (χ4n) is 5.61. The molecule has 0 aromatic heterocycles. The summed E-state index contributed by atoms with van der Waals surface area (Å²) in [5.74, 6) is -0.0812. The van der Waals surface area contributed by atoms with Gasteiger partial charge in [0.05, 0.1) is 24.5 Å². The first-order valence-corrected chi connectivity index (χ1v) is 11.6. The average molecular weight is 424 g/mol. The van der Waals surface area contributed by atoms with E-state index in [1.165, 1.54) is 21.6 Å². The van der Waals surface area contributed by atoms with E-state index in [-0.39, 0.29) is 41.4 Å². The van der Waals surface area contributed by atoms with Gasteiger partial charge in [-0.3, -0.25) is 14.5 Å². The zero-order chi connectivity index (χ0) is 22.1. The lowest BCUT2D eigenvalue weighted by atomic mass is 9.70. The predicted molar refractivity (Wildman–Crippen MR) is 120 cm³/mol. The molecule has 0 bridgehead atoms. The molecule has 1 aromatic carbocycles. The molecule has 0 radical (unpaired) electrons. The molecule has 1 aliphatic carbocycles. The molecule has 4 rings (SSSR count). The van der Waals surface area contributed by atoms with Gasteiger partial charge in [-0.1, -0.05) is 43.2 Å². The molecule has 2 heterocycles. The molecular weight excluding hydrogens is 390 g/mol. The number of amides is 2. The summed E-state index contributed by atoms with van der Waals surface area (Å²) in [5, 5.41) is 9.49. The summed E-state index contributed by atoms with van der Waals surface area (Å²) in [6.45, 7) is 7.35. The second-order valence-electron chi connectivity index (χ2n) is 9.12. The van der Waals surface area contributed by atoms with Crippen LogP contribution >= 0.6 is 0 Å². The van der Waals surface area contributed by atoms with E-state index in [1.807, 2.05) is 19.1 Å². The Morgan fingerprint density at radius 3 is 2.58 bits per heavy atom. The number of carbonyl (C=O) groups excluding carboxylic acids is 2. The van der Waals surface area contributed by atoms with E-state index >= 15 is 0 Å². The summed E-state index contributed by atoms with van der Waals surface area (Å²) in [4.78, 5) is 27.4. The Labute approximate surface area is 184 Å². The molecule has 2 saturated heterocycles. The number of aromatic hydroxyl groups is 1. The standard InChI is InChI=1S/C26H33NO4/c1-4-12-27-25(29)20-13-16(3)23-21(24(20)26(27)30)15-31-22(23)11-8-17(5-2)14-18-6-9-19(28)10-7-18/h6-7,9-10,14,20-22,24,28H,4-5,8,11-13,15H2,1-3H3/b17-14+/t20-,21+,22-,24-/m1/s1. The molecule has 3 aliphatic rings. The van der Waals surface area contributed by atoms with Crippen LogP contribution in [0.4, 0.5) is 0 Å². The minimum atomic E-state index is -0.235. The Morgan fingerprint density at radius 1 is 1.16 bits per heavy atom. The van der Waals surface area contributed by atoms with Crippen molar-refractivity contribution in [3.05, 3.63) is 46.5 Å². The first kappa shape index (κ1) is 21.8. The predicted octanol–water partition coefficient (Wildman–Crippen LogP) is 4.71. The van der Waals surface area contributed by atoms with Crippen LogP contribution < -0.4 is 0 Å². The van der Waals surface area contributed by atoms with Gasteiger partial charge in [-0.05, 0) is 62.3 Å². The number of likely N-dealkylation sites (tertiary alicyclic amines) is 1. The van der Waals surface area contributed by atoms with Crippen LogP contribution in [0.2, 0.25) is 0 Å². The molecule has 0 spiro atoms. The number of allylic oxidation sites excluding steroid dienone is 2. The lowest BCUT2D eigenvalue weighted by Crippen LogP contribution is -2.34. The lowest BCUT2D eigenvalue weighted by Gasteiger charge is -2.30. The van der Waals surface area contributed by atoms with Crippen LogP contribution in [-0.4, -0.2) is 41.1 Å². The average Bonchev–Trinajstić information content (AvgIpc) is 3.28. The van der Waals surface area contributed by atoms with Crippen LogP contribution in [0.1, 0.15) is 58.4 Å². The van der Waals surface area contributed by atoms with Gasteiger partial charge in [-0.15, -0.1) is 0 Å². The zero-order valence-corrected chi connectivity index (χ0v) is 18.8. The summed E-state index contributed by atoms with van der Waals surface area (Å²) < 4.78 is 6.22. The molecule has 2 amide bonds. The van der Waals surface area contributed by atoms with E-state index in [2.05, 4.69) is 19.9 Å². The highest BCUT2D eigenvalue weighted by Gasteiger charge is 2.56. The summed E-state index contributed by atoms with van der Waals surface area (Å²) in [5.41, 5.74) is 4.95. The van der Waals surface area contributed by atoms with E-state index in [1.54, 1.807) is 12.1 Å². The minimum absolute atomic E-state index is 0.0116. The van der Waals surface area contributed by atoms with Crippen molar-refractivity contribution < 1.29 is 19.4 Å². The summed E-state index contributed by atoms with van der Waals surface area (Å²) >= 11 is 0. The van der Waals surface area contributed by atoms with Crippen LogP contribution in [0, 0.1) is 17.8 Å². The third-order valence-electron chi connectivity index (χ3n) is 7.14. The topological polar surface area (TPSA) is 66.8 Å². The van der Waals surface area contributed by atoms with Gasteiger partial charge < -0.3 is 9.84 Å². The molecule has 4 atom stereocenters. The number of rotatable bonds is 7. The number of hydrogen-bond donors (Lipinski definition) is 1. The van der Waals surface area contributed by atoms with Crippen molar-refractivity contribution in [2.45, 2.75) is 59.0 Å². The van der Waals surface area contributed by atoms with E-state index in [4.69, 9.17) is 4.74 Å². The van der Waals surface area contributed by atoms with Crippen molar-refractivity contribution in [2.75, 3.05) is 13.2 Å². The lowest BCUT2D eigenvalue weighted by molar-refractivity contribution is -0.140. The van der Waals surface area contributed by atoms with Gasteiger partial charge >= 0.3 is 0 Å². The minimum Gasteiger partial charge on any atom is -0.508 e. The Kier molecular flexibility index (Phi) is 6.33. The normalized spacial score (nSPS) is 28.4. The van der Waals surface area contributed by atoms with Crippen LogP contribution in [0.25, 0.3) is 6.08 Å². The fourth-order valence-corrected chi connectivity index (χ4v) is 5.61. The number of fused-ring (bicyclic) bond motifs is 3. The second-order valence-corrected chi connectivity index (χ2v) is 9.12. The fraction of sp³-hybridized carbons (Fsp3) is 0.538. The molecule has 5 heteroatoms. The zero-order valence-electron chi connectivity index (χ0n) is 18.8. The number of hydrogen-bond acceptors (Lipinski definition) is 4. The molecule has 1 N–H and O–H groups in total. The maximum absolute atomic E-state index is 13.0. The van der Waals surface area contributed by atoms with Crippen molar-refractivity contribution in [1.82, 2.24) is 4.90 Å². The Morgan fingerprint density at radius 2 is 1.90 bits per heavy atom. The van der Waals surface area contributed by atoms with E-state index in [9.17, 15) is 14.7 Å². The van der Waals surface area contributed by atoms with Gasteiger partial charge in [0, 0.05) is 12.5 Å². The van der Waals surface area contributed by atoms with Crippen molar-refractivity contribution in [2.24, 2.45) is 17.8 Å². The maximum atomic E-state index is 13.0. The molecule has 5 nitrogen and oxygen atoms in total. The van der Waals surface area contributed by atoms with Gasteiger partial charge in [0.1, 0.15) is 5.75 Å². The Hall–Kier alpha value is -2.40. The number of ether oxygens (including phenoxy) is 1. The van der Waals surface area contributed by atoms with Crippen molar-refractivity contribution in [3.63, 3.8) is 0 Å².